The fourth-order valence-corrected chi connectivity index (χ4v) is 3.66. The van der Waals surface area contributed by atoms with E-state index in [4.69, 9.17) is 4.74 Å². The summed E-state index contributed by atoms with van der Waals surface area (Å²) in [6.07, 6.45) is 3.78. The van der Waals surface area contributed by atoms with Crippen LogP contribution in [-0.4, -0.2) is 27.4 Å². The van der Waals surface area contributed by atoms with Gasteiger partial charge in [-0.1, -0.05) is 43.0 Å². The molecule has 0 fully saturated rings. The predicted octanol–water partition coefficient (Wildman–Crippen LogP) is 3.73. The van der Waals surface area contributed by atoms with E-state index in [1.165, 1.54) is 35.1 Å². The van der Waals surface area contributed by atoms with Crippen LogP contribution in [0.15, 0.2) is 0 Å². The molecule has 0 aromatic rings. The van der Waals surface area contributed by atoms with Crippen LogP contribution in [0.4, 0.5) is 0 Å². The van der Waals surface area contributed by atoms with Crippen molar-refractivity contribution >= 4 is 14.1 Å². The van der Waals surface area contributed by atoms with E-state index in [1.54, 1.807) is 0 Å². The van der Waals surface area contributed by atoms with Gasteiger partial charge in [0.2, 0.25) is 0 Å². The third kappa shape index (κ3) is 8.81. The van der Waals surface area contributed by atoms with Crippen LogP contribution in [0.5, 0.6) is 0 Å². The minimum Gasteiger partial charge on any atom is -0.382 e. The molecule has 0 aromatic heterocycles. The van der Waals surface area contributed by atoms with Gasteiger partial charge in [-0.15, -0.1) is 0 Å². The minimum atomic E-state index is -0.331. The lowest BCUT2D eigenvalue weighted by atomic mass is 10.4. The van der Waals surface area contributed by atoms with Crippen LogP contribution in [0.1, 0.15) is 40.0 Å². The molecule has 0 radical (unpaired) electrons. The van der Waals surface area contributed by atoms with Gasteiger partial charge >= 0.3 is 0 Å². The van der Waals surface area contributed by atoms with E-state index in [2.05, 4.69) is 20.8 Å². The van der Waals surface area contributed by atoms with Crippen LogP contribution in [-0.2, 0) is 4.74 Å². The molecule has 0 aliphatic rings. The standard InChI is InChI=1S/C7H15O.2C2H5.Al/c1-3-5-7-8-6-4-2;2*1-2;/h2-7H2,1H3;2*1H2,2H3;. The molecule has 0 aliphatic heterocycles. The summed E-state index contributed by atoms with van der Waals surface area (Å²) in [5, 5.41) is 4.41. The van der Waals surface area contributed by atoms with Crippen LogP contribution in [0.3, 0.4) is 0 Å². The normalized spacial score (nSPS) is 10.4. The monoisotopic (exact) mass is 200 g/mol. The maximum atomic E-state index is 5.54. The average Bonchev–Trinajstić information content (AvgIpc) is 2.17. The molecule has 0 aromatic carbocycles. The first kappa shape index (κ1) is 13.5. The Morgan fingerprint density at radius 1 is 0.923 bits per heavy atom. The second kappa shape index (κ2) is 10.6. The molecular weight excluding hydrogens is 175 g/mol. The van der Waals surface area contributed by atoms with Crippen molar-refractivity contribution in [2.45, 2.75) is 55.9 Å². The fraction of sp³-hybridized carbons (Fsp3) is 1.00. The number of hydrogen-bond donors (Lipinski definition) is 0. The molecule has 1 nitrogen and oxygen atoms in total. The molecule has 0 N–H and O–H groups in total. The van der Waals surface area contributed by atoms with Gasteiger partial charge in [-0.05, 0) is 12.8 Å². The lowest BCUT2D eigenvalue weighted by Gasteiger charge is -2.06. The van der Waals surface area contributed by atoms with Crippen molar-refractivity contribution in [1.82, 2.24) is 0 Å². The summed E-state index contributed by atoms with van der Waals surface area (Å²) in [7, 11) is 0. The summed E-state index contributed by atoms with van der Waals surface area (Å²) in [5.74, 6) is 0. The zero-order valence-electron chi connectivity index (χ0n) is 9.64. The number of hydrogen-bond acceptors (Lipinski definition) is 1. The Bertz CT molecular complexity index is 92.1. The molecule has 0 unspecified atom stereocenters. The van der Waals surface area contributed by atoms with Gasteiger partial charge in [-0.2, -0.15) is 0 Å². The van der Waals surface area contributed by atoms with Crippen molar-refractivity contribution in [2.75, 3.05) is 13.2 Å². The largest absolute Gasteiger partial charge is 0.382 e. The Morgan fingerprint density at radius 3 is 2.08 bits per heavy atom. The van der Waals surface area contributed by atoms with Crippen LogP contribution < -0.4 is 0 Å². The quantitative estimate of drug-likeness (QED) is 0.407. The Kier molecular flexibility index (Phi) is 11.0. The lowest BCUT2D eigenvalue weighted by Crippen LogP contribution is -2.09. The van der Waals surface area contributed by atoms with Gasteiger partial charge in [0, 0.05) is 13.2 Å². The van der Waals surface area contributed by atoms with E-state index in [9.17, 15) is 0 Å². The Morgan fingerprint density at radius 2 is 1.54 bits per heavy atom. The summed E-state index contributed by atoms with van der Waals surface area (Å²) < 4.78 is 5.54. The highest BCUT2D eigenvalue weighted by molar-refractivity contribution is 6.58. The Hall–Kier alpha value is 0.492. The molecule has 0 saturated carbocycles. The first-order valence-corrected chi connectivity index (χ1v) is 8.37. The van der Waals surface area contributed by atoms with Crippen molar-refractivity contribution < 1.29 is 4.74 Å². The molecule has 13 heavy (non-hydrogen) atoms. The molecule has 0 bridgehead atoms. The van der Waals surface area contributed by atoms with Crippen molar-refractivity contribution in [1.29, 1.82) is 0 Å². The first-order valence-electron chi connectivity index (χ1n) is 5.92. The third-order valence-corrected chi connectivity index (χ3v) is 6.23. The zero-order valence-corrected chi connectivity index (χ0v) is 10.8. The van der Waals surface area contributed by atoms with E-state index in [1.807, 2.05) is 0 Å². The first-order chi connectivity index (χ1) is 6.35. The van der Waals surface area contributed by atoms with E-state index < -0.39 is 0 Å². The van der Waals surface area contributed by atoms with Gasteiger partial charge in [-0.25, -0.2) is 0 Å². The number of rotatable bonds is 9. The maximum absolute atomic E-state index is 5.54. The highest BCUT2D eigenvalue weighted by Crippen LogP contribution is 2.07. The third-order valence-electron chi connectivity index (χ3n) is 2.70. The van der Waals surface area contributed by atoms with Crippen LogP contribution in [0, 0.1) is 0 Å². The Labute approximate surface area is 88.3 Å². The van der Waals surface area contributed by atoms with Gasteiger partial charge in [-0.3, -0.25) is 0 Å². The predicted molar refractivity (Wildman–Crippen MR) is 61.9 cm³/mol. The smallest absolute Gasteiger partial charge is 0.261 e. The van der Waals surface area contributed by atoms with Gasteiger partial charge in [0.1, 0.15) is 0 Å². The van der Waals surface area contributed by atoms with E-state index >= 15 is 0 Å². The van der Waals surface area contributed by atoms with Crippen LogP contribution >= 0.6 is 0 Å². The van der Waals surface area contributed by atoms with Crippen molar-refractivity contribution in [3.05, 3.63) is 0 Å². The SMILES string of the molecule is CCCCOCC[CH2][Al]([CH2]C)[CH2]C. The van der Waals surface area contributed by atoms with Crippen LogP contribution in [0.25, 0.3) is 0 Å². The van der Waals surface area contributed by atoms with Gasteiger partial charge < -0.3 is 4.74 Å². The molecule has 2 heteroatoms. The van der Waals surface area contributed by atoms with Gasteiger partial charge in [0.15, 0.2) is 0 Å². The topological polar surface area (TPSA) is 9.23 Å². The number of ether oxygens (including phenoxy) is 1. The summed E-state index contributed by atoms with van der Waals surface area (Å²) in [4.78, 5) is 0. The van der Waals surface area contributed by atoms with Crippen molar-refractivity contribution in [2.24, 2.45) is 0 Å². The molecule has 0 spiro atoms. The molecule has 0 saturated heterocycles. The van der Waals surface area contributed by atoms with Crippen molar-refractivity contribution in [3.63, 3.8) is 0 Å². The lowest BCUT2D eigenvalue weighted by molar-refractivity contribution is 0.132. The summed E-state index contributed by atoms with van der Waals surface area (Å²) >= 11 is -0.331. The Balaban J connectivity index is 3.05. The molecular formula is C11H25AlO. The molecule has 78 valence electrons. The summed E-state index contributed by atoms with van der Waals surface area (Å²) in [6.45, 7) is 8.88. The van der Waals surface area contributed by atoms with E-state index in [-0.39, 0.29) is 14.1 Å². The zero-order chi connectivity index (χ0) is 9.94. The van der Waals surface area contributed by atoms with E-state index in [0.717, 1.165) is 13.2 Å². The second-order valence-corrected chi connectivity index (χ2v) is 7.73. The maximum Gasteiger partial charge on any atom is 0.261 e. The molecule has 0 heterocycles. The minimum absolute atomic E-state index is 0.331. The van der Waals surface area contributed by atoms with E-state index in [0.29, 0.717) is 0 Å². The number of unbranched alkanes of at least 4 members (excludes halogenated alkanes) is 1. The van der Waals surface area contributed by atoms with Gasteiger partial charge in [0.05, 0.1) is 0 Å². The molecule has 0 aliphatic carbocycles. The second-order valence-electron chi connectivity index (χ2n) is 3.79. The van der Waals surface area contributed by atoms with Gasteiger partial charge in [0.25, 0.3) is 14.1 Å². The highest BCUT2D eigenvalue weighted by Gasteiger charge is 2.10. The van der Waals surface area contributed by atoms with Crippen LogP contribution in [0.2, 0.25) is 15.8 Å². The molecule has 0 amide bonds. The molecule has 0 atom stereocenters. The average molecular weight is 200 g/mol. The molecule has 0 rings (SSSR count). The fourth-order valence-electron chi connectivity index (χ4n) is 1.52. The summed E-state index contributed by atoms with van der Waals surface area (Å²) in [6, 6.07) is 0. The highest BCUT2D eigenvalue weighted by atomic mass is 27.2. The van der Waals surface area contributed by atoms with Crippen molar-refractivity contribution in [3.8, 4) is 0 Å². The summed E-state index contributed by atoms with van der Waals surface area (Å²) in [5.41, 5.74) is 0.